The Balaban J connectivity index is 1.35. The lowest BCUT2D eigenvalue weighted by Gasteiger charge is -2.22. The number of carbonyl (C=O) groups is 1. The standard InChI is InChI=1S/C25H25N5O2/c1-29-25(19(15-26-29)20-9-6-10-24(28-20)32-2)22(31)13-17-11-12-30-16-21(27-23(30)14-17)18-7-4-3-5-8-18/h3-10,15-17H,11-14H2,1-2H3. The zero-order valence-electron chi connectivity index (χ0n) is 18.2. The Hall–Kier alpha value is -3.74. The molecule has 3 aromatic heterocycles. The van der Waals surface area contributed by atoms with Gasteiger partial charge in [-0.15, -0.1) is 0 Å². The van der Waals surface area contributed by atoms with Gasteiger partial charge in [0, 0.05) is 49.8 Å². The van der Waals surface area contributed by atoms with E-state index < -0.39 is 0 Å². The van der Waals surface area contributed by atoms with Crippen molar-refractivity contribution in [3.63, 3.8) is 0 Å². The number of aryl methyl sites for hydroxylation is 2. The van der Waals surface area contributed by atoms with Crippen LogP contribution in [0.2, 0.25) is 0 Å². The smallest absolute Gasteiger partial charge is 0.213 e. The number of imidazole rings is 1. The van der Waals surface area contributed by atoms with Gasteiger partial charge in [-0.25, -0.2) is 9.97 Å². The minimum absolute atomic E-state index is 0.0814. The van der Waals surface area contributed by atoms with Crippen molar-refractivity contribution >= 4 is 5.78 Å². The first-order valence-corrected chi connectivity index (χ1v) is 10.8. The fourth-order valence-corrected chi connectivity index (χ4v) is 4.41. The van der Waals surface area contributed by atoms with Crippen molar-refractivity contribution in [2.24, 2.45) is 13.0 Å². The van der Waals surface area contributed by atoms with Gasteiger partial charge in [0.25, 0.3) is 0 Å². The van der Waals surface area contributed by atoms with Crippen molar-refractivity contribution in [2.75, 3.05) is 7.11 Å². The van der Waals surface area contributed by atoms with Crippen LogP contribution in [0.15, 0.2) is 60.9 Å². The van der Waals surface area contributed by atoms with Gasteiger partial charge in [-0.3, -0.25) is 9.48 Å². The Morgan fingerprint density at radius 1 is 1.09 bits per heavy atom. The first-order chi connectivity index (χ1) is 15.6. The zero-order chi connectivity index (χ0) is 22.1. The van der Waals surface area contributed by atoms with Gasteiger partial charge >= 0.3 is 0 Å². The molecule has 1 atom stereocenters. The second kappa shape index (κ2) is 8.42. The highest BCUT2D eigenvalue weighted by Gasteiger charge is 2.26. The number of ether oxygens (including phenoxy) is 1. The predicted molar refractivity (Wildman–Crippen MR) is 121 cm³/mol. The van der Waals surface area contributed by atoms with Crippen LogP contribution < -0.4 is 4.74 Å². The number of carbonyl (C=O) groups excluding carboxylic acids is 1. The summed E-state index contributed by atoms with van der Waals surface area (Å²) in [4.78, 5) is 22.7. The van der Waals surface area contributed by atoms with Crippen molar-refractivity contribution < 1.29 is 9.53 Å². The number of aromatic nitrogens is 5. The number of nitrogens with zero attached hydrogens (tertiary/aromatic N) is 5. The van der Waals surface area contributed by atoms with Crippen LogP contribution in [-0.2, 0) is 20.0 Å². The van der Waals surface area contributed by atoms with E-state index in [0.29, 0.717) is 23.7 Å². The maximum Gasteiger partial charge on any atom is 0.213 e. The summed E-state index contributed by atoms with van der Waals surface area (Å²) < 4.78 is 9.11. The Morgan fingerprint density at radius 2 is 1.94 bits per heavy atom. The molecule has 0 fully saturated rings. The molecule has 1 aliphatic heterocycles. The van der Waals surface area contributed by atoms with Crippen LogP contribution in [0.1, 0.15) is 29.2 Å². The maximum absolute atomic E-state index is 13.3. The van der Waals surface area contributed by atoms with E-state index in [9.17, 15) is 4.79 Å². The van der Waals surface area contributed by atoms with E-state index in [2.05, 4.69) is 33.0 Å². The second-order valence-electron chi connectivity index (χ2n) is 8.18. The molecule has 4 heterocycles. The number of hydrogen-bond acceptors (Lipinski definition) is 5. The molecule has 0 N–H and O–H groups in total. The number of Topliss-reactive ketones (excluding diaryl/α,β-unsaturated/α-hetero) is 1. The highest BCUT2D eigenvalue weighted by atomic mass is 16.5. The third kappa shape index (κ3) is 3.82. The molecular formula is C25H25N5O2. The van der Waals surface area contributed by atoms with Crippen LogP contribution in [0.4, 0.5) is 0 Å². The molecule has 0 saturated heterocycles. The Kier molecular flexibility index (Phi) is 5.31. The van der Waals surface area contributed by atoms with Gasteiger partial charge in [0.2, 0.25) is 5.88 Å². The van der Waals surface area contributed by atoms with Gasteiger partial charge < -0.3 is 9.30 Å². The van der Waals surface area contributed by atoms with Crippen molar-refractivity contribution in [2.45, 2.75) is 25.8 Å². The molecule has 0 bridgehead atoms. The van der Waals surface area contributed by atoms with Crippen molar-refractivity contribution in [3.05, 3.63) is 72.4 Å². The number of ketones is 1. The summed E-state index contributed by atoms with van der Waals surface area (Å²) in [5, 5.41) is 4.33. The summed E-state index contributed by atoms with van der Waals surface area (Å²) >= 11 is 0. The molecule has 5 rings (SSSR count). The molecule has 4 aromatic rings. The van der Waals surface area contributed by atoms with Crippen LogP contribution >= 0.6 is 0 Å². The average Bonchev–Trinajstić information content (AvgIpc) is 3.43. The highest BCUT2D eigenvalue weighted by molar-refractivity contribution is 6.00. The van der Waals surface area contributed by atoms with E-state index in [4.69, 9.17) is 9.72 Å². The SMILES string of the molecule is COc1cccc(-c2cnn(C)c2C(=O)CC2CCn3cc(-c4ccccc4)nc3C2)n1. The normalized spacial score (nSPS) is 15.4. The monoisotopic (exact) mass is 427 g/mol. The van der Waals surface area contributed by atoms with Crippen molar-refractivity contribution in [1.29, 1.82) is 0 Å². The summed E-state index contributed by atoms with van der Waals surface area (Å²) in [6.07, 6.45) is 6.03. The quantitative estimate of drug-likeness (QED) is 0.431. The van der Waals surface area contributed by atoms with Crippen molar-refractivity contribution in [1.82, 2.24) is 24.3 Å². The molecular weight excluding hydrogens is 402 g/mol. The first-order valence-electron chi connectivity index (χ1n) is 10.8. The fourth-order valence-electron chi connectivity index (χ4n) is 4.41. The van der Waals surface area contributed by atoms with Gasteiger partial charge in [0.15, 0.2) is 5.78 Å². The van der Waals surface area contributed by atoms with Crippen LogP contribution in [0.5, 0.6) is 5.88 Å². The molecule has 0 spiro atoms. The highest BCUT2D eigenvalue weighted by Crippen LogP contribution is 2.30. The lowest BCUT2D eigenvalue weighted by Crippen LogP contribution is -2.22. The number of methoxy groups -OCH3 is 1. The Morgan fingerprint density at radius 3 is 2.75 bits per heavy atom. The molecule has 7 nitrogen and oxygen atoms in total. The minimum Gasteiger partial charge on any atom is -0.481 e. The Labute approximate surface area is 186 Å². The zero-order valence-corrected chi connectivity index (χ0v) is 18.2. The summed E-state index contributed by atoms with van der Waals surface area (Å²) in [7, 11) is 3.38. The molecule has 0 amide bonds. The number of hydrogen-bond donors (Lipinski definition) is 0. The molecule has 1 aromatic carbocycles. The lowest BCUT2D eigenvalue weighted by atomic mass is 9.90. The molecule has 0 saturated carbocycles. The van der Waals surface area contributed by atoms with E-state index >= 15 is 0 Å². The topological polar surface area (TPSA) is 74.8 Å². The molecule has 32 heavy (non-hydrogen) atoms. The van der Waals surface area contributed by atoms with Crippen molar-refractivity contribution in [3.8, 4) is 28.4 Å². The number of fused-ring (bicyclic) bond motifs is 1. The molecule has 0 radical (unpaired) electrons. The molecule has 0 aliphatic carbocycles. The van der Waals surface area contributed by atoms with E-state index in [1.807, 2.05) is 30.3 Å². The van der Waals surface area contributed by atoms with E-state index in [1.165, 1.54) is 0 Å². The van der Waals surface area contributed by atoms with Gasteiger partial charge in [-0.1, -0.05) is 36.4 Å². The van der Waals surface area contributed by atoms with E-state index in [1.54, 1.807) is 31.1 Å². The van der Waals surface area contributed by atoms with E-state index in [-0.39, 0.29) is 11.7 Å². The minimum atomic E-state index is 0.0814. The third-order valence-corrected chi connectivity index (χ3v) is 6.06. The second-order valence-corrected chi connectivity index (χ2v) is 8.18. The molecule has 162 valence electrons. The molecule has 1 aliphatic rings. The van der Waals surface area contributed by atoms with Crippen LogP contribution in [0.3, 0.4) is 0 Å². The molecule has 7 heteroatoms. The van der Waals surface area contributed by atoms with Gasteiger partial charge in [0.1, 0.15) is 11.5 Å². The third-order valence-electron chi connectivity index (χ3n) is 6.06. The summed E-state index contributed by atoms with van der Waals surface area (Å²) in [6, 6.07) is 15.7. The average molecular weight is 428 g/mol. The first kappa shape index (κ1) is 20.2. The van der Waals surface area contributed by atoms with Gasteiger partial charge in [-0.2, -0.15) is 5.10 Å². The van der Waals surface area contributed by atoms with E-state index in [0.717, 1.165) is 42.0 Å². The fraction of sp³-hybridized carbons (Fsp3) is 0.280. The number of benzene rings is 1. The van der Waals surface area contributed by atoms with Crippen LogP contribution in [-0.4, -0.2) is 37.2 Å². The predicted octanol–water partition coefficient (Wildman–Crippen LogP) is 4.19. The van der Waals surface area contributed by atoms with Gasteiger partial charge in [0.05, 0.1) is 24.7 Å². The number of rotatable bonds is 6. The Bertz CT molecular complexity index is 1260. The maximum atomic E-state index is 13.3. The largest absolute Gasteiger partial charge is 0.481 e. The number of pyridine rings is 1. The van der Waals surface area contributed by atoms with Crippen LogP contribution in [0, 0.1) is 5.92 Å². The summed E-state index contributed by atoms with van der Waals surface area (Å²) in [5.74, 6) is 1.89. The summed E-state index contributed by atoms with van der Waals surface area (Å²) in [5.41, 5.74) is 4.12. The lowest BCUT2D eigenvalue weighted by molar-refractivity contribution is 0.0945. The molecule has 1 unspecified atom stereocenters. The summed E-state index contributed by atoms with van der Waals surface area (Å²) in [6.45, 7) is 0.878. The van der Waals surface area contributed by atoms with Crippen LogP contribution in [0.25, 0.3) is 22.5 Å². The van der Waals surface area contributed by atoms with Gasteiger partial charge in [-0.05, 0) is 18.4 Å².